The van der Waals surface area contributed by atoms with Gasteiger partial charge in [0.15, 0.2) is 0 Å². The van der Waals surface area contributed by atoms with Crippen molar-refractivity contribution in [1.82, 2.24) is 9.78 Å². The normalized spacial score (nSPS) is 12.1. The molecule has 1 heterocycles. The van der Waals surface area contributed by atoms with Gasteiger partial charge in [-0.3, -0.25) is 4.79 Å². The molecule has 1 aromatic heterocycles. The number of benzene rings is 1. The van der Waals surface area contributed by atoms with Gasteiger partial charge in [-0.15, -0.1) is 0 Å². The van der Waals surface area contributed by atoms with Gasteiger partial charge in [0.25, 0.3) is 0 Å². The Hall–Kier alpha value is -2.14. The zero-order chi connectivity index (χ0) is 13.0. The van der Waals surface area contributed by atoms with E-state index in [0.29, 0.717) is 12.1 Å². The predicted molar refractivity (Wildman–Crippen MR) is 70.5 cm³/mol. The van der Waals surface area contributed by atoms with Crippen LogP contribution in [0.5, 0.6) is 0 Å². The number of para-hydroxylation sites is 2. The number of hydrogen-bond acceptors (Lipinski definition) is 3. The summed E-state index contributed by atoms with van der Waals surface area (Å²) in [5.41, 5.74) is 7.22. The fourth-order valence-corrected chi connectivity index (χ4v) is 1.60. The van der Waals surface area contributed by atoms with E-state index in [2.05, 4.69) is 10.4 Å². The summed E-state index contributed by atoms with van der Waals surface area (Å²) >= 11 is 0. The van der Waals surface area contributed by atoms with Crippen LogP contribution in [-0.4, -0.2) is 21.7 Å². The van der Waals surface area contributed by atoms with Gasteiger partial charge in [0.05, 0.1) is 17.4 Å². The molecule has 2 aromatic rings. The first-order valence-electron chi connectivity index (χ1n) is 5.88. The van der Waals surface area contributed by atoms with Crippen molar-refractivity contribution < 1.29 is 4.79 Å². The van der Waals surface area contributed by atoms with Crippen LogP contribution >= 0.6 is 0 Å². The van der Waals surface area contributed by atoms with Gasteiger partial charge in [0, 0.05) is 12.4 Å². The molecule has 94 valence electrons. The fourth-order valence-electron chi connectivity index (χ4n) is 1.60. The highest BCUT2D eigenvalue weighted by atomic mass is 16.2. The Kier molecular flexibility index (Phi) is 3.74. The molecular formula is C13H16N4O. The third kappa shape index (κ3) is 2.57. The molecule has 5 nitrogen and oxygen atoms in total. The van der Waals surface area contributed by atoms with Crippen molar-refractivity contribution in [3.05, 3.63) is 42.7 Å². The number of anilines is 1. The predicted octanol–water partition coefficient (Wildman–Crippen LogP) is 1.55. The Bertz CT molecular complexity index is 522. The van der Waals surface area contributed by atoms with Gasteiger partial charge >= 0.3 is 0 Å². The Morgan fingerprint density at radius 1 is 1.44 bits per heavy atom. The maximum Gasteiger partial charge on any atom is 0.241 e. The molecule has 0 aliphatic heterocycles. The van der Waals surface area contributed by atoms with Crippen molar-refractivity contribution in [2.24, 2.45) is 5.73 Å². The Balaban J connectivity index is 2.26. The average molecular weight is 244 g/mol. The number of carbonyl (C=O) groups excluding carboxylic acids is 1. The summed E-state index contributed by atoms with van der Waals surface area (Å²) in [6.07, 6.45) is 4.12. The molecule has 1 aromatic carbocycles. The number of carbonyl (C=O) groups is 1. The lowest BCUT2D eigenvalue weighted by atomic mass is 10.2. The topological polar surface area (TPSA) is 72.9 Å². The van der Waals surface area contributed by atoms with Gasteiger partial charge in [-0.05, 0) is 24.6 Å². The van der Waals surface area contributed by atoms with Crippen LogP contribution in [0.15, 0.2) is 42.7 Å². The van der Waals surface area contributed by atoms with E-state index in [-0.39, 0.29) is 5.91 Å². The summed E-state index contributed by atoms with van der Waals surface area (Å²) < 4.78 is 1.70. The average Bonchev–Trinajstić information content (AvgIpc) is 2.92. The second-order valence-electron chi connectivity index (χ2n) is 3.97. The highest BCUT2D eigenvalue weighted by Gasteiger charge is 2.13. The third-order valence-corrected chi connectivity index (χ3v) is 2.69. The number of rotatable bonds is 4. The standard InChI is InChI=1S/C13H16N4O/c1-2-10(14)13(18)16-11-6-3-4-7-12(11)17-9-5-8-15-17/h3-10H,2,14H2,1H3,(H,16,18). The van der Waals surface area contributed by atoms with E-state index >= 15 is 0 Å². The van der Waals surface area contributed by atoms with Crippen molar-refractivity contribution in [2.75, 3.05) is 5.32 Å². The lowest BCUT2D eigenvalue weighted by molar-refractivity contribution is -0.117. The van der Waals surface area contributed by atoms with Crippen LogP contribution < -0.4 is 11.1 Å². The van der Waals surface area contributed by atoms with Crippen LogP contribution in [0.3, 0.4) is 0 Å². The Morgan fingerprint density at radius 2 is 2.22 bits per heavy atom. The van der Waals surface area contributed by atoms with Crippen molar-refractivity contribution in [1.29, 1.82) is 0 Å². The Labute approximate surface area is 106 Å². The molecule has 0 bridgehead atoms. The van der Waals surface area contributed by atoms with Crippen LogP contribution in [0.25, 0.3) is 5.69 Å². The molecule has 0 aliphatic rings. The maximum atomic E-state index is 11.8. The van der Waals surface area contributed by atoms with E-state index in [9.17, 15) is 4.79 Å². The van der Waals surface area contributed by atoms with Crippen molar-refractivity contribution in [3.8, 4) is 5.69 Å². The molecule has 1 unspecified atom stereocenters. The van der Waals surface area contributed by atoms with Crippen molar-refractivity contribution >= 4 is 11.6 Å². The summed E-state index contributed by atoms with van der Waals surface area (Å²) in [4.78, 5) is 11.8. The molecule has 3 N–H and O–H groups in total. The molecule has 0 radical (unpaired) electrons. The molecule has 0 aliphatic carbocycles. The molecule has 18 heavy (non-hydrogen) atoms. The Morgan fingerprint density at radius 3 is 2.89 bits per heavy atom. The van der Waals surface area contributed by atoms with Gasteiger partial charge in [-0.2, -0.15) is 5.10 Å². The highest BCUT2D eigenvalue weighted by molar-refractivity contribution is 5.96. The minimum Gasteiger partial charge on any atom is -0.323 e. The number of aromatic nitrogens is 2. The summed E-state index contributed by atoms with van der Waals surface area (Å²) in [5, 5.41) is 6.98. The second-order valence-corrected chi connectivity index (χ2v) is 3.97. The largest absolute Gasteiger partial charge is 0.323 e. The first kappa shape index (κ1) is 12.3. The van der Waals surface area contributed by atoms with Gasteiger partial charge in [-0.25, -0.2) is 4.68 Å². The van der Waals surface area contributed by atoms with E-state index in [4.69, 9.17) is 5.73 Å². The van der Waals surface area contributed by atoms with Crippen molar-refractivity contribution in [2.45, 2.75) is 19.4 Å². The third-order valence-electron chi connectivity index (χ3n) is 2.69. The SMILES string of the molecule is CCC(N)C(=O)Nc1ccccc1-n1cccn1. The molecular weight excluding hydrogens is 228 g/mol. The van der Waals surface area contributed by atoms with E-state index in [1.807, 2.05) is 43.5 Å². The smallest absolute Gasteiger partial charge is 0.241 e. The molecule has 0 saturated carbocycles. The summed E-state index contributed by atoms with van der Waals surface area (Å²) in [5.74, 6) is -0.183. The van der Waals surface area contributed by atoms with Crippen LogP contribution in [0, 0.1) is 0 Å². The van der Waals surface area contributed by atoms with Crippen LogP contribution in [0.1, 0.15) is 13.3 Å². The number of nitrogens with one attached hydrogen (secondary N) is 1. The van der Waals surface area contributed by atoms with Crippen LogP contribution in [-0.2, 0) is 4.79 Å². The highest BCUT2D eigenvalue weighted by Crippen LogP contribution is 2.19. The minimum atomic E-state index is -0.490. The molecule has 0 spiro atoms. The number of hydrogen-bond donors (Lipinski definition) is 2. The monoisotopic (exact) mass is 244 g/mol. The first-order valence-corrected chi connectivity index (χ1v) is 5.88. The van der Waals surface area contributed by atoms with E-state index in [1.54, 1.807) is 10.9 Å². The fraction of sp³-hybridized carbons (Fsp3) is 0.231. The van der Waals surface area contributed by atoms with Gasteiger partial charge in [0.1, 0.15) is 0 Å². The minimum absolute atomic E-state index is 0.183. The van der Waals surface area contributed by atoms with Crippen LogP contribution in [0.2, 0.25) is 0 Å². The molecule has 5 heteroatoms. The zero-order valence-electron chi connectivity index (χ0n) is 10.2. The maximum absolute atomic E-state index is 11.8. The molecule has 1 atom stereocenters. The molecule has 0 fully saturated rings. The lowest BCUT2D eigenvalue weighted by Crippen LogP contribution is -2.35. The second kappa shape index (κ2) is 5.46. The number of nitrogens with zero attached hydrogens (tertiary/aromatic N) is 2. The number of amides is 1. The number of nitrogens with two attached hydrogens (primary N) is 1. The van der Waals surface area contributed by atoms with Crippen molar-refractivity contribution in [3.63, 3.8) is 0 Å². The summed E-state index contributed by atoms with van der Waals surface area (Å²) in [6, 6.07) is 8.82. The first-order chi connectivity index (χ1) is 8.72. The van der Waals surface area contributed by atoms with E-state index < -0.39 is 6.04 Å². The quantitative estimate of drug-likeness (QED) is 0.857. The molecule has 0 saturated heterocycles. The van der Waals surface area contributed by atoms with E-state index in [0.717, 1.165) is 5.69 Å². The van der Waals surface area contributed by atoms with Crippen LogP contribution in [0.4, 0.5) is 5.69 Å². The van der Waals surface area contributed by atoms with Gasteiger partial charge in [-0.1, -0.05) is 19.1 Å². The van der Waals surface area contributed by atoms with Gasteiger partial charge < -0.3 is 11.1 Å². The molecule has 2 rings (SSSR count). The lowest BCUT2D eigenvalue weighted by Gasteiger charge is -2.13. The van der Waals surface area contributed by atoms with Gasteiger partial charge in [0.2, 0.25) is 5.91 Å². The van der Waals surface area contributed by atoms with E-state index in [1.165, 1.54) is 0 Å². The summed E-state index contributed by atoms with van der Waals surface area (Å²) in [7, 11) is 0. The zero-order valence-corrected chi connectivity index (χ0v) is 10.2. The molecule has 1 amide bonds. The summed E-state index contributed by atoms with van der Waals surface area (Å²) in [6.45, 7) is 1.88.